The second kappa shape index (κ2) is 6.58. The summed E-state index contributed by atoms with van der Waals surface area (Å²) in [5.41, 5.74) is 3.52. The number of aromatic amines is 1. The lowest BCUT2D eigenvalue weighted by atomic mass is 9.78. The minimum atomic E-state index is -1.03. The van der Waals surface area contributed by atoms with Gasteiger partial charge >= 0.3 is 13.2 Å². The summed E-state index contributed by atoms with van der Waals surface area (Å²) in [6.45, 7) is 8.19. The van der Waals surface area contributed by atoms with E-state index in [4.69, 9.17) is 14.4 Å². The lowest BCUT2D eigenvalue weighted by Crippen LogP contribution is -2.41. The van der Waals surface area contributed by atoms with Gasteiger partial charge in [0, 0.05) is 0 Å². The van der Waals surface area contributed by atoms with E-state index in [1.807, 2.05) is 58.0 Å². The Labute approximate surface area is 181 Å². The highest BCUT2D eigenvalue weighted by Gasteiger charge is 2.51. The fourth-order valence-electron chi connectivity index (χ4n) is 3.98. The molecule has 2 aromatic carbocycles. The van der Waals surface area contributed by atoms with Crippen molar-refractivity contribution in [3.05, 3.63) is 48.3 Å². The quantitative estimate of drug-likeness (QED) is 0.560. The molecular formula is C23H26BN3O4. The van der Waals surface area contributed by atoms with Crippen LogP contribution in [-0.2, 0) is 14.8 Å². The zero-order valence-corrected chi connectivity index (χ0v) is 18.2. The molecule has 0 radical (unpaired) electrons. The van der Waals surface area contributed by atoms with E-state index in [1.54, 1.807) is 0 Å². The van der Waals surface area contributed by atoms with Gasteiger partial charge in [0.25, 0.3) is 0 Å². The van der Waals surface area contributed by atoms with E-state index in [1.165, 1.54) is 0 Å². The summed E-state index contributed by atoms with van der Waals surface area (Å²) in [6, 6.07) is 14.2. The highest BCUT2D eigenvalue weighted by atomic mass is 16.7. The number of hydrogen-bond acceptors (Lipinski definition) is 4. The van der Waals surface area contributed by atoms with Gasteiger partial charge in [-0.15, -0.1) is 0 Å². The number of rotatable bonds is 4. The van der Waals surface area contributed by atoms with Crippen molar-refractivity contribution in [1.82, 2.24) is 15.3 Å². The second-order valence-electron chi connectivity index (χ2n) is 9.54. The van der Waals surface area contributed by atoms with Gasteiger partial charge in [0.05, 0.1) is 22.2 Å². The number of fused-ring (bicyclic) bond motifs is 1. The molecule has 1 saturated heterocycles. The second-order valence-corrected chi connectivity index (χ2v) is 9.54. The van der Waals surface area contributed by atoms with E-state index >= 15 is 0 Å². The molecule has 2 fully saturated rings. The smallest absolute Gasteiger partial charge is 0.465 e. The molecule has 1 amide bonds. The summed E-state index contributed by atoms with van der Waals surface area (Å²) in [4.78, 5) is 19.0. The fourth-order valence-corrected chi connectivity index (χ4v) is 3.98. The lowest BCUT2D eigenvalue weighted by Gasteiger charge is -2.32. The highest BCUT2D eigenvalue weighted by Crippen LogP contribution is 2.44. The maximum Gasteiger partial charge on any atom is 0.494 e. The first-order valence-corrected chi connectivity index (χ1v) is 10.6. The van der Waals surface area contributed by atoms with Crippen LogP contribution in [0.1, 0.15) is 46.4 Å². The molecule has 0 bridgehead atoms. The molecule has 7 nitrogen and oxygen atoms in total. The number of amides is 1. The van der Waals surface area contributed by atoms with Gasteiger partial charge in [-0.1, -0.05) is 30.3 Å². The number of imidazole rings is 1. The van der Waals surface area contributed by atoms with Crippen molar-refractivity contribution >= 4 is 29.7 Å². The van der Waals surface area contributed by atoms with Crippen molar-refractivity contribution in [2.24, 2.45) is 0 Å². The van der Waals surface area contributed by atoms with Crippen LogP contribution in [-0.4, -0.2) is 39.5 Å². The fraction of sp³-hybridized carbons (Fsp3) is 0.391. The Hall–Kier alpha value is -2.84. The van der Waals surface area contributed by atoms with E-state index in [9.17, 15) is 4.79 Å². The van der Waals surface area contributed by atoms with Gasteiger partial charge in [0.2, 0.25) is 0 Å². The third kappa shape index (κ3) is 3.40. The Morgan fingerprint density at radius 1 is 1.03 bits per heavy atom. The van der Waals surface area contributed by atoms with Crippen molar-refractivity contribution in [3.8, 4) is 11.1 Å². The zero-order chi connectivity index (χ0) is 22.0. The van der Waals surface area contributed by atoms with Crippen LogP contribution in [0.5, 0.6) is 0 Å². The molecule has 8 heteroatoms. The normalized spacial score (nSPS) is 20.7. The van der Waals surface area contributed by atoms with Crippen LogP contribution in [0.3, 0.4) is 0 Å². The maximum atomic E-state index is 11.1. The number of carbonyl (C=O) groups is 1. The largest absolute Gasteiger partial charge is 0.494 e. The van der Waals surface area contributed by atoms with Crippen LogP contribution >= 0.6 is 0 Å². The molecule has 31 heavy (non-hydrogen) atoms. The Morgan fingerprint density at radius 2 is 1.65 bits per heavy atom. The van der Waals surface area contributed by atoms with Gasteiger partial charge in [-0.3, -0.25) is 0 Å². The van der Waals surface area contributed by atoms with E-state index in [0.29, 0.717) is 5.82 Å². The van der Waals surface area contributed by atoms with Gasteiger partial charge < -0.3 is 24.7 Å². The molecule has 2 heterocycles. The monoisotopic (exact) mass is 419 g/mol. The van der Waals surface area contributed by atoms with E-state index in [2.05, 4.69) is 27.4 Å². The molecule has 1 aliphatic heterocycles. The molecule has 0 spiro atoms. The Morgan fingerprint density at radius 3 is 2.23 bits per heavy atom. The summed E-state index contributed by atoms with van der Waals surface area (Å²) >= 11 is 0. The van der Waals surface area contributed by atoms with Crippen molar-refractivity contribution in [3.63, 3.8) is 0 Å². The Bertz CT molecular complexity index is 1150. The van der Waals surface area contributed by atoms with E-state index in [0.717, 1.165) is 40.5 Å². The molecule has 0 unspecified atom stereocenters. The van der Waals surface area contributed by atoms with Gasteiger partial charge in [0.15, 0.2) is 0 Å². The summed E-state index contributed by atoms with van der Waals surface area (Å²) in [5, 5.41) is 11.7. The summed E-state index contributed by atoms with van der Waals surface area (Å²) in [5.74, 6) is 0.679. The predicted octanol–water partition coefficient (Wildman–Crippen LogP) is 3.79. The van der Waals surface area contributed by atoms with Crippen LogP contribution in [0.2, 0.25) is 0 Å². The standard InChI is InChI=1S/C23H26BN3O4/c1-21(2)22(3,4)31-24(30-21)16-8-5-14(6-9-16)15-7-10-17-18(13-15)26-19(25-17)23(11-12-23)27-20(28)29/h5-10,13,27H,11-12H2,1-4H3,(H,25,26)(H,28,29). The van der Waals surface area contributed by atoms with Crippen LogP contribution in [0, 0.1) is 0 Å². The van der Waals surface area contributed by atoms with Gasteiger partial charge in [-0.05, 0) is 69.3 Å². The highest BCUT2D eigenvalue weighted by molar-refractivity contribution is 6.62. The Kier molecular flexibility index (Phi) is 4.26. The van der Waals surface area contributed by atoms with Gasteiger partial charge in [-0.2, -0.15) is 0 Å². The lowest BCUT2D eigenvalue weighted by molar-refractivity contribution is 0.00578. The number of nitrogens with zero attached hydrogens (tertiary/aromatic N) is 1. The van der Waals surface area contributed by atoms with Crippen molar-refractivity contribution in [2.45, 2.75) is 57.3 Å². The van der Waals surface area contributed by atoms with Crippen LogP contribution in [0.4, 0.5) is 4.79 Å². The average molecular weight is 419 g/mol. The maximum absolute atomic E-state index is 11.1. The number of aromatic nitrogens is 2. The number of hydrogen-bond donors (Lipinski definition) is 3. The zero-order valence-electron chi connectivity index (χ0n) is 18.2. The van der Waals surface area contributed by atoms with E-state index < -0.39 is 11.6 Å². The molecule has 2 aliphatic rings. The molecule has 3 N–H and O–H groups in total. The van der Waals surface area contributed by atoms with Gasteiger partial charge in [0.1, 0.15) is 11.4 Å². The average Bonchev–Trinajstić information content (AvgIpc) is 3.27. The molecule has 1 aromatic heterocycles. The minimum Gasteiger partial charge on any atom is -0.465 e. The first-order valence-electron chi connectivity index (χ1n) is 10.6. The first kappa shape index (κ1) is 20.1. The summed E-state index contributed by atoms with van der Waals surface area (Å²) in [7, 11) is -0.381. The minimum absolute atomic E-state index is 0.367. The van der Waals surface area contributed by atoms with Gasteiger partial charge in [-0.25, -0.2) is 9.78 Å². The summed E-state index contributed by atoms with van der Waals surface area (Å²) in [6.07, 6.45) is 0.486. The first-order chi connectivity index (χ1) is 14.6. The van der Waals surface area contributed by atoms with Crippen molar-refractivity contribution in [2.75, 3.05) is 0 Å². The third-order valence-electron chi connectivity index (χ3n) is 6.80. The summed E-state index contributed by atoms with van der Waals surface area (Å²) < 4.78 is 12.3. The molecule has 1 aliphatic carbocycles. The molecule has 1 saturated carbocycles. The van der Waals surface area contributed by atoms with Crippen molar-refractivity contribution in [1.29, 1.82) is 0 Å². The molecule has 0 atom stereocenters. The third-order valence-corrected chi connectivity index (χ3v) is 6.80. The SMILES string of the molecule is CC1(C)OB(c2ccc(-c3ccc4nc(C5(NC(=O)O)CC5)[nH]c4c3)cc2)OC1(C)C. The number of carboxylic acid groups (broad SMARTS) is 1. The van der Waals surface area contributed by atoms with E-state index in [-0.39, 0.29) is 18.3 Å². The molecule has 5 rings (SSSR count). The number of H-pyrrole nitrogens is 1. The molecule has 3 aromatic rings. The van der Waals surface area contributed by atoms with Crippen LogP contribution in [0.15, 0.2) is 42.5 Å². The Balaban J connectivity index is 1.39. The topological polar surface area (TPSA) is 96.5 Å². The number of nitrogens with one attached hydrogen (secondary N) is 2. The predicted molar refractivity (Wildman–Crippen MR) is 119 cm³/mol. The molecule has 160 valence electrons. The molecular weight excluding hydrogens is 393 g/mol. The number of benzene rings is 2. The van der Waals surface area contributed by atoms with Crippen LogP contribution in [0.25, 0.3) is 22.2 Å². The van der Waals surface area contributed by atoms with Crippen molar-refractivity contribution < 1.29 is 19.2 Å². The van der Waals surface area contributed by atoms with Crippen LogP contribution < -0.4 is 10.8 Å².